The number of benzene rings is 1. The summed E-state index contributed by atoms with van der Waals surface area (Å²) < 4.78 is 10.9. The maximum atomic E-state index is 13.1. The Balaban J connectivity index is 1.76. The fourth-order valence-corrected chi connectivity index (χ4v) is 3.92. The van der Waals surface area contributed by atoms with Gasteiger partial charge in [0.25, 0.3) is 0 Å². The molecule has 1 aromatic carbocycles. The van der Waals surface area contributed by atoms with E-state index in [1.165, 1.54) is 0 Å². The third kappa shape index (κ3) is 5.34. The standard InChI is InChI=1S/C23H30N2O4/c1-4-28-23(27)21-16(2)22(24-17(21)3)20(26)15-25(14-19-11-8-12-29-19)13-18-9-6-5-7-10-18/h5-7,9-10,19,24H,4,8,11-15H2,1-3H3. The second-order valence-corrected chi connectivity index (χ2v) is 7.56. The highest BCUT2D eigenvalue weighted by Gasteiger charge is 2.26. The van der Waals surface area contributed by atoms with Gasteiger partial charge in [-0.05, 0) is 44.7 Å². The van der Waals surface area contributed by atoms with Gasteiger partial charge in [-0.15, -0.1) is 0 Å². The predicted molar refractivity (Wildman–Crippen MR) is 111 cm³/mol. The summed E-state index contributed by atoms with van der Waals surface area (Å²) in [7, 11) is 0. The van der Waals surface area contributed by atoms with E-state index in [0.29, 0.717) is 42.2 Å². The van der Waals surface area contributed by atoms with Gasteiger partial charge in [0.2, 0.25) is 0 Å². The van der Waals surface area contributed by atoms with Crippen LogP contribution in [0, 0.1) is 13.8 Å². The second-order valence-electron chi connectivity index (χ2n) is 7.56. The fraction of sp³-hybridized carbons (Fsp3) is 0.478. The Morgan fingerprint density at radius 3 is 2.66 bits per heavy atom. The van der Waals surface area contributed by atoms with Crippen LogP contribution in [0.5, 0.6) is 0 Å². The van der Waals surface area contributed by atoms with Gasteiger partial charge in [0.15, 0.2) is 5.78 Å². The molecule has 0 radical (unpaired) electrons. The molecule has 6 heteroatoms. The summed E-state index contributed by atoms with van der Waals surface area (Å²) in [5, 5.41) is 0. The normalized spacial score (nSPS) is 16.3. The topological polar surface area (TPSA) is 71.6 Å². The van der Waals surface area contributed by atoms with Crippen molar-refractivity contribution in [3.05, 3.63) is 58.4 Å². The summed E-state index contributed by atoms with van der Waals surface area (Å²) in [5.41, 5.74) is 3.42. The molecule has 0 amide bonds. The molecular weight excluding hydrogens is 368 g/mol. The highest BCUT2D eigenvalue weighted by Crippen LogP contribution is 2.21. The molecule has 1 unspecified atom stereocenters. The van der Waals surface area contributed by atoms with Crippen LogP contribution in [0.4, 0.5) is 0 Å². The number of aromatic amines is 1. The summed E-state index contributed by atoms with van der Waals surface area (Å²) >= 11 is 0. The van der Waals surface area contributed by atoms with Crippen molar-refractivity contribution in [1.82, 2.24) is 9.88 Å². The van der Waals surface area contributed by atoms with Gasteiger partial charge in [0.05, 0.1) is 30.5 Å². The lowest BCUT2D eigenvalue weighted by Crippen LogP contribution is -2.36. The minimum Gasteiger partial charge on any atom is -0.462 e. The Bertz CT molecular complexity index is 838. The summed E-state index contributed by atoms with van der Waals surface area (Å²) in [6.07, 6.45) is 2.25. The van der Waals surface area contributed by atoms with E-state index in [9.17, 15) is 9.59 Å². The van der Waals surface area contributed by atoms with Crippen molar-refractivity contribution in [2.45, 2.75) is 46.3 Å². The SMILES string of the molecule is CCOC(=O)c1c(C)[nH]c(C(=O)CN(Cc2ccccc2)CC2CCCO2)c1C. The van der Waals surface area contributed by atoms with E-state index in [1.54, 1.807) is 20.8 Å². The molecule has 1 N–H and O–H groups in total. The third-order valence-electron chi connectivity index (χ3n) is 5.30. The summed E-state index contributed by atoms with van der Waals surface area (Å²) in [6.45, 7) is 8.11. The minimum absolute atomic E-state index is 0.0323. The van der Waals surface area contributed by atoms with Gasteiger partial charge in [0, 0.05) is 25.4 Å². The van der Waals surface area contributed by atoms with Crippen molar-refractivity contribution in [1.29, 1.82) is 0 Å². The number of Topliss-reactive ketones (excluding diaryl/α,β-unsaturated/α-hetero) is 1. The molecule has 0 saturated carbocycles. The second kappa shape index (κ2) is 9.85. The van der Waals surface area contributed by atoms with Crippen LogP contribution in [0.2, 0.25) is 0 Å². The number of esters is 1. The Morgan fingerprint density at radius 1 is 1.24 bits per heavy atom. The number of carbonyl (C=O) groups is 2. The van der Waals surface area contributed by atoms with Gasteiger partial charge >= 0.3 is 5.97 Å². The van der Waals surface area contributed by atoms with Crippen LogP contribution in [0.1, 0.15) is 57.4 Å². The molecular formula is C23H30N2O4. The molecule has 2 heterocycles. The molecule has 2 aromatic rings. The number of nitrogens with zero attached hydrogens (tertiary/aromatic N) is 1. The van der Waals surface area contributed by atoms with Gasteiger partial charge in [0.1, 0.15) is 0 Å². The smallest absolute Gasteiger partial charge is 0.340 e. The maximum Gasteiger partial charge on any atom is 0.340 e. The van der Waals surface area contributed by atoms with Gasteiger partial charge in [-0.2, -0.15) is 0 Å². The van der Waals surface area contributed by atoms with Crippen molar-refractivity contribution in [2.75, 3.05) is 26.3 Å². The number of aryl methyl sites for hydroxylation is 1. The Kier molecular flexibility index (Phi) is 7.23. The molecule has 3 rings (SSSR count). The van der Waals surface area contributed by atoms with E-state index >= 15 is 0 Å². The van der Waals surface area contributed by atoms with Gasteiger partial charge in [-0.25, -0.2) is 4.79 Å². The van der Waals surface area contributed by atoms with Crippen LogP contribution in [0.3, 0.4) is 0 Å². The molecule has 0 aliphatic carbocycles. The summed E-state index contributed by atoms with van der Waals surface area (Å²) in [4.78, 5) is 30.6. The van der Waals surface area contributed by atoms with Crippen LogP contribution in [-0.4, -0.2) is 54.0 Å². The molecule has 156 valence electrons. The predicted octanol–water partition coefficient (Wildman–Crippen LogP) is 3.67. The number of H-pyrrole nitrogens is 1. The molecule has 0 spiro atoms. The zero-order valence-electron chi connectivity index (χ0n) is 17.5. The van der Waals surface area contributed by atoms with Gasteiger partial charge in [-0.3, -0.25) is 9.69 Å². The lowest BCUT2D eigenvalue weighted by atomic mass is 10.1. The molecule has 0 bridgehead atoms. The van der Waals surface area contributed by atoms with E-state index in [-0.39, 0.29) is 18.4 Å². The minimum atomic E-state index is -0.390. The van der Waals surface area contributed by atoms with Crippen molar-refractivity contribution in [3.8, 4) is 0 Å². The Labute approximate surface area is 172 Å². The highest BCUT2D eigenvalue weighted by molar-refractivity contribution is 6.02. The van der Waals surface area contributed by atoms with Crippen molar-refractivity contribution >= 4 is 11.8 Å². The van der Waals surface area contributed by atoms with Crippen LogP contribution in [-0.2, 0) is 16.0 Å². The Hall–Kier alpha value is -2.44. The number of carbonyl (C=O) groups excluding carboxylic acids is 2. The number of ketones is 1. The van der Waals surface area contributed by atoms with Crippen molar-refractivity contribution in [2.24, 2.45) is 0 Å². The molecule has 1 aliphatic heterocycles. The zero-order valence-corrected chi connectivity index (χ0v) is 17.5. The van der Waals surface area contributed by atoms with Crippen LogP contribution in [0.25, 0.3) is 0 Å². The molecule has 1 fully saturated rings. The molecule has 1 aliphatic rings. The van der Waals surface area contributed by atoms with Crippen LogP contribution >= 0.6 is 0 Å². The van der Waals surface area contributed by atoms with Crippen molar-refractivity contribution < 1.29 is 19.1 Å². The zero-order chi connectivity index (χ0) is 20.8. The van der Waals surface area contributed by atoms with Gasteiger partial charge in [-0.1, -0.05) is 30.3 Å². The summed E-state index contributed by atoms with van der Waals surface area (Å²) in [6, 6.07) is 10.1. The first kappa shape index (κ1) is 21.3. The van der Waals surface area contributed by atoms with E-state index in [0.717, 1.165) is 25.0 Å². The number of ether oxygens (including phenoxy) is 2. The number of aromatic nitrogens is 1. The van der Waals surface area contributed by atoms with Crippen LogP contribution in [0.15, 0.2) is 30.3 Å². The number of nitrogens with one attached hydrogen (secondary N) is 1. The first-order valence-electron chi connectivity index (χ1n) is 10.3. The fourth-order valence-electron chi connectivity index (χ4n) is 3.92. The Morgan fingerprint density at radius 2 is 2.00 bits per heavy atom. The lowest BCUT2D eigenvalue weighted by Gasteiger charge is -2.24. The monoisotopic (exact) mass is 398 g/mol. The average Bonchev–Trinajstić information content (AvgIpc) is 3.30. The van der Waals surface area contributed by atoms with E-state index in [2.05, 4.69) is 22.0 Å². The first-order chi connectivity index (χ1) is 14.0. The lowest BCUT2D eigenvalue weighted by molar-refractivity contribution is 0.0525. The molecule has 1 saturated heterocycles. The third-order valence-corrected chi connectivity index (χ3v) is 5.30. The van der Waals surface area contributed by atoms with Gasteiger partial charge < -0.3 is 14.5 Å². The highest BCUT2D eigenvalue weighted by atomic mass is 16.5. The number of hydrogen-bond donors (Lipinski definition) is 1. The van der Waals surface area contributed by atoms with Crippen LogP contribution < -0.4 is 0 Å². The summed E-state index contributed by atoms with van der Waals surface area (Å²) in [5.74, 6) is -0.423. The average molecular weight is 399 g/mol. The van der Waals surface area contributed by atoms with E-state index < -0.39 is 5.97 Å². The molecule has 29 heavy (non-hydrogen) atoms. The van der Waals surface area contributed by atoms with E-state index in [4.69, 9.17) is 9.47 Å². The number of rotatable bonds is 9. The largest absolute Gasteiger partial charge is 0.462 e. The number of hydrogen-bond acceptors (Lipinski definition) is 5. The quantitative estimate of drug-likeness (QED) is 0.515. The van der Waals surface area contributed by atoms with E-state index in [1.807, 2.05) is 18.2 Å². The maximum absolute atomic E-state index is 13.1. The molecule has 6 nitrogen and oxygen atoms in total. The van der Waals surface area contributed by atoms with Crippen molar-refractivity contribution in [3.63, 3.8) is 0 Å². The molecule has 1 atom stereocenters. The molecule has 1 aromatic heterocycles. The first-order valence-corrected chi connectivity index (χ1v) is 10.3.